The van der Waals surface area contributed by atoms with Gasteiger partial charge in [0.2, 0.25) is 5.91 Å². The second-order valence-corrected chi connectivity index (χ2v) is 5.58. The first-order valence-electron chi connectivity index (χ1n) is 6.58. The number of nitrogens with zero attached hydrogens (tertiary/aromatic N) is 3. The van der Waals surface area contributed by atoms with Gasteiger partial charge in [-0.3, -0.25) is 14.6 Å². The summed E-state index contributed by atoms with van der Waals surface area (Å²) in [6.45, 7) is 11.6. The highest BCUT2D eigenvalue weighted by Gasteiger charge is 2.23. The van der Waals surface area contributed by atoms with E-state index in [0.29, 0.717) is 18.5 Å². The lowest BCUT2D eigenvalue weighted by molar-refractivity contribution is -0.130. The predicted octanol–water partition coefficient (Wildman–Crippen LogP) is 0.737. The molecule has 1 heterocycles. The van der Waals surface area contributed by atoms with E-state index in [0.717, 1.165) is 26.2 Å². The van der Waals surface area contributed by atoms with Crippen LogP contribution in [0.3, 0.4) is 0 Å². The first-order valence-corrected chi connectivity index (χ1v) is 6.58. The van der Waals surface area contributed by atoms with Gasteiger partial charge < -0.3 is 4.90 Å². The van der Waals surface area contributed by atoms with Gasteiger partial charge in [-0.25, -0.2) is 0 Å². The van der Waals surface area contributed by atoms with Crippen molar-refractivity contribution in [2.45, 2.75) is 26.8 Å². The number of amides is 1. The number of likely N-dealkylation sites (N-methyl/N-ethyl adjacent to an activating group) is 1. The molecule has 0 aromatic rings. The smallest absolute Gasteiger partial charge is 0.236 e. The van der Waals surface area contributed by atoms with Crippen LogP contribution in [0.15, 0.2) is 0 Å². The zero-order valence-electron chi connectivity index (χ0n) is 11.9. The van der Waals surface area contributed by atoms with Gasteiger partial charge in [0.05, 0.1) is 6.54 Å². The molecule has 0 saturated carbocycles. The Bertz CT molecular complexity index is 245. The summed E-state index contributed by atoms with van der Waals surface area (Å²) in [7, 11) is 3.64. The third kappa shape index (κ3) is 4.28. The summed E-state index contributed by atoms with van der Waals surface area (Å²) in [6.07, 6.45) is 0. The van der Waals surface area contributed by atoms with Gasteiger partial charge in [0.25, 0.3) is 0 Å². The number of rotatable bonds is 4. The lowest BCUT2D eigenvalue weighted by Gasteiger charge is -2.39. The Morgan fingerprint density at radius 3 is 2.06 bits per heavy atom. The first-order chi connectivity index (χ1) is 7.91. The van der Waals surface area contributed by atoms with Crippen LogP contribution in [0, 0.1) is 5.92 Å². The second-order valence-electron chi connectivity index (χ2n) is 5.58. The van der Waals surface area contributed by atoms with E-state index in [-0.39, 0.29) is 5.91 Å². The van der Waals surface area contributed by atoms with E-state index in [1.165, 1.54) is 0 Å². The average molecular weight is 241 g/mol. The van der Waals surface area contributed by atoms with Gasteiger partial charge in [0.15, 0.2) is 0 Å². The van der Waals surface area contributed by atoms with Crippen LogP contribution in [0.1, 0.15) is 20.8 Å². The van der Waals surface area contributed by atoms with Gasteiger partial charge in [-0.05, 0) is 12.8 Å². The van der Waals surface area contributed by atoms with Crippen LogP contribution in [-0.4, -0.2) is 73.5 Å². The molecule has 4 heteroatoms. The van der Waals surface area contributed by atoms with Crippen LogP contribution >= 0.6 is 0 Å². The molecule has 0 spiro atoms. The van der Waals surface area contributed by atoms with E-state index in [4.69, 9.17) is 0 Å². The molecule has 0 aromatic carbocycles. The zero-order valence-corrected chi connectivity index (χ0v) is 11.9. The minimum atomic E-state index is 0.204. The van der Waals surface area contributed by atoms with Gasteiger partial charge in [0.1, 0.15) is 0 Å². The standard InChI is InChI=1S/C13H27N3O/c1-11(2)12(3)16-8-6-15(7-9-16)10-13(17)14(4)5/h11-12H,6-10H2,1-5H3. The van der Waals surface area contributed by atoms with E-state index in [1.807, 2.05) is 14.1 Å². The van der Waals surface area contributed by atoms with Crippen molar-refractivity contribution >= 4 is 5.91 Å². The molecule has 17 heavy (non-hydrogen) atoms. The van der Waals surface area contributed by atoms with E-state index < -0.39 is 0 Å². The summed E-state index contributed by atoms with van der Waals surface area (Å²) in [5.41, 5.74) is 0. The molecular formula is C13H27N3O. The van der Waals surface area contributed by atoms with Crippen molar-refractivity contribution in [2.75, 3.05) is 46.8 Å². The SMILES string of the molecule is CC(C)C(C)N1CCN(CC(=O)N(C)C)CC1. The normalized spacial score (nSPS) is 20.6. The summed E-state index contributed by atoms with van der Waals surface area (Å²) in [5, 5.41) is 0. The molecule has 1 amide bonds. The first kappa shape index (κ1) is 14.5. The van der Waals surface area contributed by atoms with Crippen LogP contribution < -0.4 is 0 Å². The molecule has 1 fully saturated rings. The summed E-state index contributed by atoms with van der Waals surface area (Å²) < 4.78 is 0. The fourth-order valence-electron chi connectivity index (χ4n) is 2.08. The monoisotopic (exact) mass is 241 g/mol. The van der Waals surface area contributed by atoms with Gasteiger partial charge in [-0.1, -0.05) is 13.8 Å². The van der Waals surface area contributed by atoms with Gasteiger partial charge in [-0.15, -0.1) is 0 Å². The summed E-state index contributed by atoms with van der Waals surface area (Å²) in [5.74, 6) is 0.903. The van der Waals surface area contributed by atoms with E-state index in [2.05, 4.69) is 30.6 Å². The number of hydrogen-bond acceptors (Lipinski definition) is 3. The maximum atomic E-state index is 11.6. The van der Waals surface area contributed by atoms with Crippen molar-refractivity contribution < 1.29 is 4.79 Å². The molecule has 1 rings (SSSR count). The minimum absolute atomic E-state index is 0.204. The fourth-order valence-corrected chi connectivity index (χ4v) is 2.08. The Balaban J connectivity index is 2.33. The fraction of sp³-hybridized carbons (Fsp3) is 0.923. The lowest BCUT2D eigenvalue weighted by atomic mass is 10.0. The highest BCUT2D eigenvalue weighted by atomic mass is 16.2. The van der Waals surface area contributed by atoms with Gasteiger partial charge >= 0.3 is 0 Å². The number of hydrogen-bond donors (Lipinski definition) is 0. The van der Waals surface area contributed by atoms with Crippen molar-refractivity contribution in [3.05, 3.63) is 0 Å². The Hall–Kier alpha value is -0.610. The molecule has 0 aromatic heterocycles. The number of piperazine rings is 1. The maximum absolute atomic E-state index is 11.6. The summed E-state index contributed by atoms with van der Waals surface area (Å²) >= 11 is 0. The third-order valence-corrected chi connectivity index (χ3v) is 3.81. The molecule has 1 atom stereocenters. The van der Waals surface area contributed by atoms with Gasteiger partial charge in [0, 0.05) is 46.3 Å². The van der Waals surface area contributed by atoms with Crippen LogP contribution in [0.25, 0.3) is 0 Å². The maximum Gasteiger partial charge on any atom is 0.236 e. The molecule has 1 unspecified atom stereocenters. The van der Waals surface area contributed by atoms with Crippen molar-refractivity contribution in [2.24, 2.45) is 5.92 Å². The predicted molar refractivity (Wildman–Crippen MR) is 71.0 cm³/mol. The van der Waals surface area contributed by atoms with Crippen molar-refractivity contribution in [1.82, 2.24) is 14.7 Å². The molecule has 1 saturated heterocycles. The van der Waals surface area contributed by atoms with Crippen LogP contribution in [-0.2, 0) is 4.79 Å². The summed E-state index contributed by atoms with van der Waals surface area (Å²) in [6, 6.07) is 0.640. The molecule has 1 aliphatic rings. The Labute approximate surface area is 106 Å². The van der Waals surface area contributed by atoms with E-state index in [9.17, 15) is 4.79 Å². The highest BCUT2D eigenvalue weighted by Crippen LogP contribution is 2.12. The molecule has 1 aliphatic heterocycles. The van der Waals surface area contributed by atoms with Crippen LogP contribution in [0.4, 0.5) is 0 Å². The van der Waals surface area contributed by atoms with E-state index in [1.54, 1.807) is 4.90 Å². The van der Waals surface area contributed by atoms with E-state index >= 15 is 0 Å². The topological polar surface area (TPSA) is 26.8 Å². The molecule has 0 aliphatic carbocycles. The molecule has 100 valence electrons. The highest BCUT2D eigenvalue weighted by molar-refractivity contribution is 5.77. The average Bonchev–Trinajstić information content (AvgIpc) is 2.28. The molecule has 0 radical (unpaired) electrons. The van der Waals surface area contributed by atoms with Gasteiger partial charge in [-0.2, -0.15) is 0 Å². The molecule has 4 nitrogen and oxygen atoms in total. The molecule has 0 bridgehead atoms. The Morgan fingerprint density at radius 1 is 1.12 bits per heavy atom. The third-order valence-electron chi connectivity index (χ3n) is 3.81. The lowest BCUT2D eigenvalue weighted by Crippen LogP contribution is -2.52. The van der Waals surface area contributed by atoms with Crippen molar-refractivity contribution in [3.8, 4) is 0 Å². The van der Waals surface area contributed by atoms with Crippen LogP contribution in [0.2, 0.25) is 0 Å². The quantitative estimate of drug-likeness (QED) is 0.726. The minimum Gasteiger partial charge on any atom is -0.348 e. The Morgan fingerprint density at radius 2 is 1.65 bits per heavy atom. The zero-order chi connectivity index (χ0) is 13.0. The Kier molecular flexibility index (Phi) is 5.40. The van der Waals surface area contributed by atoms with Crippen molar-refractivity contribution in [3.63, 3.8) is 0 Å². The number of carbonyl (C=O) groups excluding carboxylic acids is 1. The second kappa shape index (κ2) is 6.36. The van der Waals surface area contributed by atoms with Crippen LogP contribution in [0.5, 0.6) is 0 Å². The molecule has 0 N–H and O–H groups in total. The summed E-state index contributed by atoms with van der Waals surface area (Å²) in [4.78, 5) is 18.1. The molecular weight excluding hydrogens is 214 g/mol. The number of carbonyl (C=O) groups is 1. The largest absolute Gasteiger partial charge is 0.348 e. The van der Waals surface area contributed by atoms with Crippen molar-refractivity contribution in [1.29, 1.82) is 0 Å².